The van der Waals surface area contributed by atoms with Gasteiger partial charge in [-0.2, -0.15) is 0 Å². The van der Waals surface area contributed by atoms with Gasteiger partial charge in [0.1, 0.15) is 0 Å². The van der Waals surface area contributed by atoms with Gasteiger partial charge in [0.2, 0.25) is 0 Å². The Morgan fingerprint density at radius 3 is 2.79 bits per heavy atom. The summed E-state index contributed by atoms with van der Waals surface area (Å²) in [5.41, 5.74) is 2.85. The Labute approximate surface area is 145 Å². The van der Waals surface area contributed by atoms with Gasteiger partial charge in [0.25, 0.3) is 5.91 Å². The van der Waals surface area contributed by atoms with Gasteiger partial charge in [-0.3, -0.25) is 4.79 Å². The van der Waals surface area contributed by atoms with Crippen LogP contribution in [0.1, 0.15) is 15.9 Å². The summed E-state index contributed by atoms with van der Waals surface area (Å²) in [6.45, 7) is 1.96. The average Bonchev–Trinajstić information content (AvgIpc) is 2.82. The lowest BCUT2D eigenvalue weighted by Crippen LogP contribution is -2.32. The standard InChI is InChI=1S/C20H17ClN2O/c21-16-9-8-15-13-23(11-10-22-19(15)12-16)20(24)18-7-3-5-14-4-1-2-6-17(14)18/h1-9,12,22H,10-11,13H2. The Morgan fingerprint density at radius 2 is 1.88 bits per heavy atom. The molecule has 0 radical (unpaired) electrons. The van der Waals surface area contributed by atoms with Crippen LogP contribution in [0.3, 0.4) is 0 Å². The number of carbonyl (C=O) groups excluding carboxylic acids is 1. The van der Waals surface area contributed by atoms with E-state index in [0.29, 0.717) is 24.7 Å². The van der Waals surface area contributed by atoms with E-state index in [1.807, 2.05) is 65.6 Å². The molecule has 0 bridgehead atoms. The predicted octanol–water partition coefficient (Wildman–Crippen LogP) is 4.56. The van der Waals surface area contributed by atoms with Gasteiger partial charge in [-0.25, -0.2) is 0 Å². The summed E-state index contributed by atoms with van der Waals surface area (Å²) in [6, 6.07) is 19.7. The molecule has 0 aromatic heterocycles. The maximum atomic E-state index is 13.1. The molecule has 4 heteroatoms. The minimum atomic E-state index is 0.0661. The van der Waals surface area contributed by atoms with E-state index in [4.69, 9.17) is 11.6 Å². The Balaban J connectivity index is 1.70. The van der Waals surface area contributed by atoms with E-state index in [1.165, 1.54) is 0 Å². The second-order valence-electron chi connectivity index (χ2n) is 5.98. The Kier molecular flexibility index (Phi) is 3.87. The molecule has 1 aliphatic heterocycles. The van der Waals surface area contributed by atoms with Gasteiger partial charge < -0.3 is 10.2 Å². The molecule has 3 aromatic rings. The summed E-state index contributed by atoms with van der Waals surface area (Å²) < 4.78 is 0. The number of carbonyl (C=O) groups is 1. The molecule has 0 unspecified atom stereocenters. The van der Waals surface area contributed by atoms with Crippen LogP contribution in [-0.2, 0) is 6.54 Å². The van der Waals surface area contributed by atoms with Crippen LogP contribution in [0.5, 0.6) is 0 Å². The van der Waals surface area contributed by atoms with E-state index in [9.17, 15) is 4.79 Å². The van der Waals surface area contributed by atoms with E-state index in [-0.39, 0.29) is 5.91 Å². The number of halogens is 1. The fourth-order valence-electron chi connectivity index (χ4n) is 3.22. The van der Waals surface area contributed by atoms with Gasteiger partial charge in [0.15, 0.2) is 0 Å². The highest BCUT2D eigenvalue weighted by Gasteiger charge is 2.21. The number of benzene rings is 3. The second-order valence-corrected chi connectivity index (χ2v) is 6.42. The first kappa shape index (κ1) is 15.0. The zero-order valence-corrected chi connectivity index (χ0v) is 13.9. The van der Waals surface area contributed by atoms with E-state index < -0.39 is 0 Å². The SMILES string of the molecule is O=C(c1cccc2ccccc12)N1CCNc2cc(Cl)ccc2C1. The van der Waals surface area contributed by atoms with Crippen LogP contribution in [0, 0.1) is 0 Å². The third kappa shape index (κ3) is 2.72. The number of rotatable bonds is 1. The lowest BCUT2D eigenvalue weighted by atomic mass is 10.0. The van der Waals surface area contributed by atoms with Crippen LogP contribution in [-0.4, -0.2) is 23.9 Å². The monoisotopic (exact) mass is 336 g/mol. The van der Waals surface area contributed by atoms with Crippen LogP contribution in [0.4, 0.5) is 5.69 Å². The lowest BCUT2D eigenvalue weighted by molar-refractivity contribution is 0.0755. The molecule has 1 N–H and O–H groups in total. The molecule has 0 aliphatic carbocycles. The Morgan fingerprint density at radius 1 is 1.04 bits per heavy atom. The second kappa shape index (κ2) is 6.17. The van der Waals surface area contributed by atoms with E-state index in [2.05, 4.69) is 5.32 Å². The van der Waals surface area contributed by atoms with Crippen molar-refractivity contribution in [2.24, 2.45) is 0 Å². The lowest BCUT2D eigenvalue weighted by Gasteiger charge is -2.21. The molecule has 0 atom stereocenters. The Bertz CT molecular complexity index is 917. The fourth-order valence-corrected chi connectivity index (χ4v) is 3.39. The first-order valence-electron chi connectivity index (χ1n) is 8.02. The highest BCUT2D eigenvalue weighted by molar-refractivity contribution is 6.30. The molecule has 0 spiro atoms. The van der Waals surface area contributed by atoms with Gasteiger partial charge in [-0.05, 0) is 34.5 Å². The maximum Gasteiger partial charge on any atom is 0.254 e. The highest BCUT2D eigenvalue weighted by atomic mass is 35.5. The van der Waals surface area contributed by atoms with Crippen molar-refractivity contribution < 1.29 is 4.79 Å². The minimum Gasteiger partial charge on any atom is -0.383 e. The molecule has 0 saturated heterocycles. The van der Waals surface area contributed by atoms with Crippen LogP contribution >= 0.6 is 11.6 Å². The third-order valence-corrected chi connectivity index (χ3v) is 4.67. The zero-order valence-electron chi connectivity index (χ0n) is 13.1. The Hall–Kier alpha value is -2.52. The topological polar surface area (TPSA) is 32.3 Å². The van der Waals surface area contributed by atoms with E-state index in [0.717, 1.165) is 27.6 Å². The molecule has 1 aliphatic rings. The van der Waals surface area contributed by atoms with Crippen LogP contribution < -0.4 is 5.32 Å². The first-order chi connectivity index (χ1) is 11.7. The smallest absolute Gasteiger partial charge is 0.254 e. The molecular weight excluding hydrogens is 320 g/mol. The highest BCUT2D eigenvalue weighted by Crippen LogP contribution is 2.26. The summed E-state index contributed by atoms with van der Waals surface area (Å²) in [7, 11) is 0. The summed E-state index contributed by atoms with van der Waals surface area (Å²) in [4.78, 5) is 15.0. The van der Waals surface area contributed by atoms with E-state index in [1.54, 1.807) is 0 Å². The largest absolute Gasteiger partial charge is 0.383 e. The van der Waals surface area contributed by atoms with Crippen molar-refractivity contribution >= 4 is 34.0 Å². The molecule has 0 fully saturated rings. The van der Waals surface area contributed by atoms with Crippen molar-refractivity contribution in [3.63, 3.8) is 0 Å². The molecule has 0 saturated carbocycles. The van der Waals surface area contributed by atoms with Crippen molar-refractivity contribution in [3.05, 3.63) is 76.8 Å². The molecule has 4 rings (SSSR count). The van der Waals surface area contributed by atoms with Crippen LogP contribution in [0.25, 0.3) is 10.8 Å². The average molecular weight is 337 g/mol. The molecule has 3 aromatic carbocycles. The number of nitrogens with one attached hydrogen (secondary N) is 1. The quantitative estimate of drug-likeness (QED) is 0.706. The maximum absolute atomic E-state index is 13.1. The number of amides is 1. The normalized spacial score (nSPS) is 14.0. The van der Waals surface area contributed by atoms with E-state index >= 15 is 0 Å². The number of nitrogens with zero attached hydrogens (tertiary/aromatic N) is 1. The number of fused-ring (bicyclic) bond motifs is 2. The van der Waals surface area contributed by atoms with Crippen molar-refractivity contribution in [2.75, 3.05) is 18.4 Å². The van der Waals surface area contributed by atoms with Gasteiger partial charge in [-0.15, -0.1) is 0 Å². The third-order valence-electron chi connectivity index (χ3n) is 4.44. The van der Waals surface area contributed by atoms with Crippen LogP contribution in [0.2, 0.25) is 5.02 Å². The van der Waals surface area contributed by atoms with Crippen molar-refractivity contribution in [3.8, 4) is 0 Å². The summed E-state index contributed by atoms with van der Waals surface area (Å²) in [5.74, 6) is 0.0661. The summed E-state index contributed by atoms with van der Waals surface area (Å²) in [5, 5.41) is 6.15. The van der Waals surface area contributed by atoms with Crippen molar-refractivity contribution in [2.45, 2.75) is 6.54 Å². The molecule has 1 amide bonds. The molecule has 120 valence electrons. The molecule has 24 heavy (non-hydrogen) atoms. The van der Waals surface area contributed by atoms with Gasteiger partial charge in [0, 0.05) is 35.9 Å². The summed E-state index contributed by atoms with van der Waals surface area (Å²) in [6.07, 6.45) is 0. The van der Waals surface area contributed by atoms with Crippen LogP contribution in [0.15, 0.2) is 60.7 Å². The van der Waals surface area contributed by atoms with Crippen molar-refractivity contribution in [1.82, 2.24) is 4.90 Å². The molecular formula is C20H17ClN2O. The molecule has 1 heterocycles. The predicted molar refractivity (Wildman–Crippen MR) is 98.6 cm³/mol. The van der Waals surface area contributed by atoms with Gasteiger partial charge >= 0.3 is 0 Å². The van der Waals surface area contributed by atoms with Gasteiger partial charge in [0.05, 0.1) is 0 Å². The number of anilines is 1. The first-order valence-corrected chi connectivity index (χ1v) is 8.39. The fraction of sp³-hybridized carbons (Fsp3) is 0.150. The number of hydrogen-bond acceptors (Lipinski definition) is 2. The minimum absolute atomic E-state index is 0.0661. The zero-order chi connectivity index (χ0) is 16.5. The van der Waals surface area contributed by atoms with Crippen molar-refractivity contribution in [1.29, 1.82) is 0 Å². The summed E-state index contributed by atoms with van der Waals surface area (Å²) >= 11 is 6.07. The van der Waals surface area contributed by atoms with Gasteiger partial charge in [-0.1, -0.05) is 54.1 Å². The number of hydrogen-bond donors (Lipinski definition) is 1. The molecule has 3 nitrogen and oxygen atoms in total.